The van der Waals surface area contributed by atoms with E-state index in [1.807, 2.05) is 6.08 Å². The van der Waals surface area contributed by atoms with Crippen LogP contribution in [0.3, 0.4) is 0 Å². The van der Waals surface area contributed by atoms with Crippen LogP contribution in [0, 0.1) is 5.41 Å². The Morgan fingerprint density at radius 1 is 1.18 bits per heavy atom. The van der Waals surface area contributed by atoms with Crippen molar-refractivity contribution in [3.63, 3.8) is 0 Å². The van der Waals surface area contributed by atoms with E-state index in [4.69, 9.17) is 28.6 Å². The number of hydrogen-bond acceptors (Lipinski definition) is 3. The Hall–Kier alpha value is -0.930. The first-order chi connectivity index (χ1) is 8.19. The van der Waals surface area contributed by atoms with E-state index in [-0.39, 0.29) is 5.28 Å². The van der Waals surface area contributed by atoms with Gasteiger partial charge in [-0.1, -0.05) is 24.1 Å². The molecule has 0 aliphatic heterocycles. The first kappa shape index (κ1) is 14.1. The molecule has 0 unspecified atom stereocenters. The molecular formula is C12H15Cl2N3. The summed E-state index contributed by atoms with van der Waals surface area (Å²) in [4.78, 5) is 7.88. The van der Waals surface area contributed by atoms with Gasteiger partial charge in [-0.2, -0.15) is 0 Å². The van der Waals surface area contributed by atoms with Gasteiger partial charge in [-0.05, 0) is 37.3 Å². The van der Waals surface area contributed by atoms with Crippen molar-refractivity contribution in [2.75, 3.05) is 0 Å². The molecule has 0 saturated carbocycles. The van der Waals surface area contributed by atoms with Crippen LogP contribution >= 0.6 is 23.2 Å². The lowest BCUT2D eigenvalue weighted by atomic mass is 10.1. The summed E-state index contributed by atoms with van der Waals surface area (Å²) in [6, 6.07) is 0. The van der Waals surface area contributed by atoms with Crippen molar-refractivity contribution in [2.24, 2.45) is 0 Å². The van der Waals surface area contributed by atoms with Crippen LogP contribution in [-0.2, 0) is 6.42 Å². The number of halogens is 2. The summed E-state index contributed by atoms with van der Waals surface area (Å²) in [6.07, 6.45) is 8.11. The van der Waals surface area contributed by atoms with Gasteiger partial charge in [0.05, 0.1) is 5.69 Å². The average molecular weight is 272 g/mol. The van der Waals surface area contributed by atoms with Crippen LogP contribution < -0.4 is 0 Å². The van der Waals surface area contributed by atoms with Crippen LogP contribution in [0.1, 0.15) is 36.9 Å². The Morgan fingerprint density at radius 2 is 1.94 bits per heavy atom. The Bertz CT molecular complexity index is 405. The minimum atomic E-state index is 0.0870. The highest BCUT2D eigenvalue weighted by molar-refractivity contribution is 6.32. The van der Waals surface area contributed by atoms with E-state index in [1.54, 1.807) is 0 Å². The van der Waals surface area contributed by atoms with Crippen LogP contribution in [-0.4, -0.2) is 16.2 Å². The highest BCUT2D eigenvalue weighted by Crippen LogP contribution is 2.20. The van der Waals surface area contributed by atoms with Crippen molar-refractivity contribution < 1.29 is 0 Å². The molecule has 0 radical (unpaired) electrons. The van der Waals surface area contributed by atoms with Crippen LogP contribution in [0.2, 0.25) is 10.4 Å². The Labute approximate surface area is 111 Å². The third-order valence-electron chi connectivity index (χ3n) is 2.43. The van der Waals surface area contributed by atoms with Gasteiger partial charge in [-0.3, -0.25) is 0 Å². The van der Waals surface area contributed by atoms with Crippen molar-refractivity contribution in [3.8, 4) is 0 Å². The lowest BCUT2D eigenvalue weighted by molar-refractivity contribution is 0.684. The lowest BCUT2D eigenvalue weighted by Gasteiger charge is -2.06. The van der Waals surface area contributed by atoms with Gasteiger partial charge >= 0.3 is 0 Å². The third-order valence-corrected chi connectivity index (χ3v) is 2.91. The van der Waals surface area contributed by atoms with Crippen molar-refractivity contribution in [1.82, 2.24) is 9.97 Å². The molecule has 17 heavy (non-hydrogen) atoms. The number of nitrogens with one attached hydrogen (secondary N) is 1. The Kier molecular flexibility index (Phi) is 6.16. The number of nitrogens with zero attached hydrogens (tertiary/aromatic N) is 2. The topological polar surface area (TPSA) is 49.6 Å². The summed E-state index contributed by atoms with van der Waals surface area (Å²) in [6.45, 7) is 3.68. The molecule has 0 aliphatic rings. The molecule has 0 spiro atoms. The van der Waals surface area contributed by atoms with Gasteiger partial charge < -0.3 is 5.41 Å². The van der Waals surface area contributed by atoms with Gasteiger partial charge in [0.2, 0.25) is 5.28 Å². The monoisotopic (exact) mass is 271 g/mol. The molecule has 92 valence electrons. The molecule has 0 bridgehead atoms. The van der Waals surface area contributed by atoms with Crippen molar-refractivity contribution in [2.45, 2.75) is 32.1 Å². The number of allylic oxidation sites excluding steroid dienone is 1. The second-order valence-electron chi connectivity index (χ2n) is 3.68. The molecule has 0 fully saturated rings. The first-order valence-corrected chi connectivity index (χ1v) is 6.28. The van der Waals surface area contributed by atoms with Crippen LogP contribution in [0.25, 0.3) is 0 Å². The Balaban J connectivity index is 2.63. The van der Waals surface area contributed by atoms with E-state index < -0.39 is 0 Å². The highest BCUT2D eigenvalue weighted by atomic mass is 35.5. The molecular weight excluding hydrogens is 257 g/mol. The molecule has 0 aromatic carbocycles. The normalized spacial score (nSPS) is 10.2. The quantitative estimate of drug-likeness (QED) is 0.267. The maximum Gasteiger partial charge on any atom is 0.224 e. The van der Waals surface area contributed by atoms with Crippen molar-refractivity contribution >= 4 is 29.4 Å². The highest BCUT2D eigenvalue weighted by Gasteiger charge is 2.10. The summed E-state index contributed by atoms with van der Waals surface area (Å²) >= 11 is 11.7. The molecule has 0 saturated heterocycles. The first-order valence-electron chi connectivity index (χ1n) is 5.52. The number of unbranched alkanes of at least 4 members (excludes halogenated alkanes) is 3. The van der Waals surface area contributed by atoms with Crippen LogP contribution in [0.15, 0.2) is 12.7 Å². The molecule has 5 heteroatoms. The molecule has 3 nitrogen and oxygen atoms in total. The standard InChI is InChI=1S/C12H15Cl2N3/c1-2-3-4-5-6-7-9-10(8-15)16-12(14)17-11(9)13/h2,8,15H,1,3-7H2. The van der Waals surface area contributed by atoms with E-state index in [0.29, 0.717) is 10.8 Å². The zero-order valence-corrected chi connectivity index (χ0v) is 11.1. The maximum atomic E-state index is 7.28. The van der Waals surface area contributed by atoms with Gasteiger partial charge in [0.25, 0.3) is 0 Å². The van der Waals surface area contributed by atoms with E-state index >= 15 is 0 Å². The molecule has 0 aliphatic carbocycles. The summed E-state index contributed by atoms with van der Waals surface area (Å²) in [5.41, 5.74) is 1.32. The second-order valence-corrected chi connectivity index (χ2v) is 4.38. The van der Waals surface area contributed by atoms with Gasteiger partial charge in [0.1, 0.15) is 5.15 Å². The van der Waals surface area contributed by atoms with Crippen molar-refractivity contribution in [1.29, 1.82) is 5.41 Å². The predicted octanol–water partition coefficient (Wildman–Crippen LogP) is 4.07. The number of rotatable bonds is 7. The molecule has 1 heterocycles. The second kappa shape index (κ2) is 7.41. The van der Waals surface area contributed by atoms with Crippen LogP contribution in [0.5, 0.6) is 0 Å². The number of hydrogen-bond donors (Lipinski definition) is 1. The molecule has 1 N–H and O–H groups in total. The van der Waals surface area contributed by atoms with E-state index in [0.717, 1.165) is 37.7 Å². The summed E-state index contributed by atoms with van der Waals surface area (Å²) in [5.74, 6) is 0. The Morgan fingerprint density at radius 3 is 2.59 bits per heavy atom. The van der Waals surface area contributed by atoms with Crippen molar-refractivity contribution in [3.05, 3.63) is 34.3 Å². The minimum absolute atomic E-state index is 0.0870. The van der Waals surface area contributed by atoms with Gasteiger partial charge in [-0.25, -0.2) is 9.97 Å². The minimum Gasteiger partial charge on any atom is -0.306 e. The third kappa shape index (κ3) is 4.44. The van der Waals surface area contributed by atoms with Gasteiger partial charge in [-0.15, -0.1) is 6.58 Å². The fourth-order valence-electron chi connectivity index (χ4n) is 1.56. The molecule has 1 aromatic heterocycles. The summed E-state index contributed by atoms with van der Waals surface area (Å²) in [7, 11) is 0. The zero-order chi connectivity index (χ0) is 12.7. The lowest BCUT2D eigenvalue weighted by Crippen LogP contribution is -2.01. The summed E-state index contributed by atoms with van der Waals surface area (Å²) in [5, 5.41) is 7.72. The summed E-state index contributed by atoms with van der Waals surface area (Å²) < 4.78 is 0. The zero-order valence-electron chi connectivity index (χ0n) is 9.55. The van der Waals surface area contributed by atoms with Gasteiger partial charge in [0.15, 0.2) is 0 Å². The molecule has 1 rings (SSSR count). The molecule has 0 amide bonds. The van der Waals surface area contributed by atoms with E-state index in [1.165, 1.54) is 6.21 Å². The average Bonchev–Trinajstić information content (AvgIpc) is 2.30. The van der Waals surface area contributed by atoms with Gasteiger partial charge in [0, 0.05) is 11.8 Å². The molecule has 1 aromatic rings. The molecule has 0 atom stereocenters. The van der Waals surface area contributed by atoms with E-state index in [9.17, 15) is 0 Å². The fourth-order valence-corrected chi connectivity index (χ4v) is 2.05. The maximum absolute atomic E-state index is 7.28. The fraction of sp³-hybridized carbons (Fsp3) is 0.417. The smallest absolute Gasteiger partial charge is 0.224 e. The van der Waals surface area contributed by atoms with E-state index in [2.05, 4.69) is 16.5 Å². The van der Waals surface area contributed by atoms with Crippen LogP contribution in [0.4, 0.5) is 0 Å². The predicted molar refractivity (Wildman–Crippen MR) is 72.3 cm³/mol. The SMILES string of the molecule is C=CCCCCCc1c(Cl)nc(Cl)nc1C=N. The largest absolute Gasteiger partial charge is 0.306 e. The number of aromatic nitrogens is 2.